The van der Waals surface area contributed by atoms with E-state index < -0.39 is 20.0 Å². The molecule has 0 N–H and O–H groups in total. The number of ether oxygens (including phenoxy) is 1. The van der Waals surface area contributed by atoms with E-state index in [9.17, 15) is 16.8 Å². The van der Waals surface area contributed by atoms with E-state index in [1.807, 2.05) is 0 Å². The molecular weight excluding hydrogens is 428 g/mol. The molecule has 0 atom stereocenters. The molecule has 0 spiro atoms. The number of morpholine rings is 1. The van der Waals surface area contributed by atoms with Gasteiger partial charge in [0.1, 0.15) is 5.76 Å². The molecule has 1 saturated carbocycles. The lowest BCUT2D eigenvalue weighted by atomic mass is 10.2. The average molecular weight is 455 g/mol. The van der Waals surface area contributed by atoms with E-state index in [1.165, 1.54) is 39.1 Å². The van der Waals surface area contributed by atoms with Gasteiger partial charge in [-0.1, -0.05) is 12.8 Å². The number of rotatable bonds is 7. The van der Waals surface area contributed by atoms with Crippen molar-refractivity contribution in [2.45, 2.75) is 48.1 Å². The smallest absolute Gasteiger partial charge is 0.243 e. The summed E-state index contributed by atoms with van der Waals surface area (Å²) >= 11 is 0. The number of hydrogen-bond acceptors (Lipinski definition) is 6. The van der Waals surface area contributed by atoms with Gasteiger partial charge in [-0.15, -0.1) is 0 Å². The number of furan rings is 1. The Labute approximate surface area is 177 Å². The highest BCUT2D eigenvalue weighted by Crippen LogP contribution is 2.31. The topological polar surface area (TPSA) is 97.1 Å². The first-order chi connectivity index (χ1) is 14.4. The Hall–Kier alpha value is -1.72. The summed E-state index contributed by atoms with van der Waals surface area (Å²) in [6.07, 6.45) is 5.13. The van der Waals surface area contributed by atoms with Crippen molar-refractivity contribution >= 4 is 20.0 Å². The first kappa shape index (κ1) is 21.5. The van der Waals surface area contributed by atoms with Crippen molar-refractivity contribution < 1.29 is 26.0 Å². The molecule has 164 valence electrons. The molecule has 30 heavy (non-hydrogen) atoms. The molecule has 2 heterocycles. The highest BCUT2D eigenvalue weighted by molar-refractivity contribution is 7.89. The predicted molar refractivity (Wildman–Crippen MR) is 110 cm³/mol. The maximum atomic E-state index is 13.4. The fourth-order valence-electron chi connectivity index (χ4n) is 4.01. The first-order valence-electron chi connectivity index (χ1n) is 10.1. The van der Waals surface area contributed by atoms with Gasteiger partial charge in [0.05, 0.1) is 35.8 Å². The molecule has 0 bridgehead atoms. The second kappa shape index (κ2) is 8.80. The molecule has 8 nitrogen and oxygen atoms in total. The van der Waals surface area contributed by atoms with Crippen molar-refractivity contribution in [1.82, 2.24) is 8.61 Å². The fourth-order valence-corrected chi connectivity index (χ4v) is 7.07. The lowest BCUT2D eigenvalue weighted by molar-refractivity contribution is 0.0730. The summed E-state index contributed by atoms with van der Waals surface area (Å²) in [5, 5.41) is 0. The third kappa shape index (κ3) is 4.33. The lowest BCUT2D eigenvalue weighted by Crippen LogP contribution is -2.40. The largest absolute Gasteiger partial charge is 0.468 e. The third-order valence-electron chi connectivity index (χ3n) is 5.66. The second-order valence-corrected chi connectivity index (χ2v) is 11.4. The first-order valence-corrected chi connectivity index (χ1v) is 13.0. The van der Waals surface area contributed by atoms with E-state index in [1.54, 1.807) is 12.1 Å². The van der Waals surface area contributed by atoms with Crippen LogP contribution >= 0.6 is 0 Å². The van der Waals surface area contributed by atoms with Crippen molar-refractivity contribution in [2.75, 3.05) is 26.3 Å². The van der Waals surface area contributed by atoms with Gasteiger partial charge in [0.15, 0.2) is 0 Å². The highest BCUT2D eigenvalue weighted by Gasteiger charge is 2.34. The van der Waals surface area contributed by atoms with Crippen molar-refractivity contribution in [1.29, 1.82) is 0 Å². The summed E-state index contributed by atoms with van der Waals surface area (Å²) < 4.78 is 65.9. The van der Waals surface area contributed by atoms with Gasteiger partial charge in [-0.2, -0.15) is 8.61 Å². The summed E-state index contributed by atoms with van der Waals surface area (Å²) in [5.74, 6) is 0.581. The van der Waals surface area contributed by atoms with E-state index >= 15 is 0 Å². The molecule has 2 fully saturated rings. The summed E-state index contributed by atoms with van der Waals surface area (Å²) in [6.45, 7) is 1.46. The van der Waals surface area contributed by atoms with Gasteiger partial charge in [0.25, 0.3) is 0 Å². The molecule has 10 heteroatoms. The van der Waals surface area contributed by atoms with Crippen molar-refractivity contribution in [3.05, 3.63) is 48.4 Å². The van der Waals surface area contributed by atoms with Crippen LogP contribution in [0.15, 0.2) is 56.9 Å². The van der Waals surface area contributed by atoms with Gasteiger partial charge in [-0.25, -0.2) is 16.8 Å². The molecule has 0 amide bonds. The quantitative estimate of drug-likeness (QED) is 0.637. The van der Waals surface area contributed by atoms with Gasteiger partial charge < -0.3 is 9.15 Å². The van der Waals surface area contributed by atoms with Crippen LogP contribution in [0.25, 0.3) is 0 Å². The summed E-state index contributed by atoms with van der Waals surface area (Å²) in [6, 6.07) is 8.92. The van der Waals surface area contributed by atoms with Crippen LogP contribution in [0.1, 0.15) is 31.4 Å². The Kier molecular flexibility index (Phi) is 6.31. The molecule has 2 aromatic rings. The van der Waals surface area contributed by atoms with Gasteiger partial charge in [-0.3, -0.25) is 0 Å². The minimum absolute atomic E-state index is 0.0850. The lowest BCUT2D eigenvalue weighted by Gasteiger charge is -2.28. The number of sulfonamides is 2. The normalized spacial score (nSPS) is 19.5. The zero-order valence-corrected chi connectivity index (χ0v) is 18.3. The molecule has 0 unspecified atom stereocenters. The Morgan fingerprint density at radius 2 is 1.57 bits per heavy atom. The molecule has 1 aliphatic carbocycles. The maximum absolute atomic E-state index is 13.4. The molecule has 1 aliphatic heterocycles. The predicted octanol–water partition coefficient (Wildman–Crippen LogP) is 2.43. The average Bonchev–Trinajstić information content (AvgIpc) is 3.47. The summed E-state index contributed by atoms with van der Waals surface area (Å²) in [5.41, 5.74) is 0. The molecule has 0 radical (unpaired) electrons. The molecule has 2 aliphatic rings. The number of nitrogens with zero attached hydrogens (tertiary/aromatic N) is 2. The minimum Gasteiger partial charge on any atom is -0.468 e. The Bertz CT molecular complexity index is 1040. The minimum atomic E-state index is -3.80. The van der Waals surface area contributed by atoms with Gasteiger partial charge in [-0.05, 0) is 49.2 Å². The van der Waals surface area contributed by atoms with E-state index in [0.717, 1.165) is 25.7 Å². The van der Waals surface area contributed by atoms with Crippen LogP contribution in [-0.4, -0.2) is 57.8 Å². The standard InChI is InChI=1S/C20H26N2O6S2/c23-29(24,21-11-14-27-15-12-21)19-7-9-20(10-8-19)30(25,26)22(17-4-1-2-5-17)16-18-6-3-13-28-18/h3,6-10,13,17H,1-2,4-5,11-12,14-16H2. The Morgan fingerprint density at radius 1 is 0.933 bits per heavy atom. The van der Waals surface area contributed by atoms with Crippen LogP contribution < -0.4 is 0 Å². The van der Waals surface area contributed by atoms with Crippen LogP contribution in [0.2, 0.25) is 0 Å². The van der Waals surface area contributed by atoms with E-state index in [2.05, 4.69) is 0 Å². The second-order valence-electron chi connectivity index (χ2n) is 7.56. The number of hydrogen-bond donors (Lipinski definition) is 0. The maximum Gasteiger partial charge on any atom is 0.243 e. The fraction of sp³-hybridized carbons (Fsp3) is 0.500. The van der Waals surface area contributed by atoms with Gasteiger partial charge in [0, 0.05) is 19.1 Å². The van der Waals surface area contributed by atoms with E-state index in [-0.39, 0.29) is 22.4 Å². The SMILES string of the molecule is O=S(=O)(c1ccc(S(=O)(=O)N(Cc2ccco2)C2CCCC2)cc1)N1CCOCC1. The van der Waals surface area contributed by atoms with Crippen LogP contribution in [0.4, 0.5) is 0 Å². The molecule has 4 rings (SSSR count). The van der Waals surface area contributed by atoms with Gasteiger partial charge >= 0.3 is 0 Å². The molecule has 1 saturated heterocycles. The summed E-state index contributed by atoms with van der Waals surface area (Å²) in [4.78, 5) is 0.170. The van der Waals surface area contributed by atoms with Gasteiger partial charge in [0.2, 0.25) is 20.0 Å². The third-order valence-corrected chi connectivity index (χ3v) is 9.49. The summed E-state index contributed by atoms with van der Waals surface area (Å²) in [7, 11) is -7.47. The van der Waals surface area contributed by atoms with Crippen molar-refractivity contribution in [3.63, 3.8) is 0 Å². The molecular formula is C20H26N2O6S2. The zero-order chi connectivity index (χ0) is 21.2. The van der Waals surface area contributed by atoms with E-state index in [4.69, 9.17) is 9.15 Å². The van der Waals surface area contributed by atoms with Crippen molar-refractivity contribution in [3.8, 4) is 0 Å². The molecule has 1 aromatic carbocycles. The van der Waals surface area contributed by atoms with Crippen molar-refractivity contribution in [2.24, 2.45) is 0 Å². The highest BCUT2D eigenvalue weighted by atomic mass is 32.2. The van der Waals surface area contributed by atoms with Crippen LogP contribution in [0, 0.1) is 0 Å². The van der Waals surface area contributed by atoms with Crippen LogP contribution in [-0.2, 0) is 31.3 Å². The van der Waals surface area contributed by atoms with Crippen LogP contribution in [0.3, 0.4) is 0 Å². The van der Waals surface area contributed by atoms with E-state index in [0.29, 0.717) is 32.1 Å². The van der Waals surface area contributed by atoms with Crippen LogP contribution in [0.5, 0.6) is 0 Å². The number of benzene rings is 1. The molecule has 1 aromatic heterocycles. The monoisotopic (exact) mass is 454 g/mol. The Balaban J connectivity index is 1.60. The zero-order valence-electron chi connectivity index (χ0n) is 16.6. The Morgan fingerprint density at radius 3 is 2.17 bits per heavy atom.